The van der Waals surface area contributed by atoms with E-state index in [1.165, 1.54) is 0 Å². The largest absolute Gasteiger partial charge is 0.466 e. The number of guanidine groups is 1. The number of carbonyl (C=O) groups is 1. The van der Waals surface area contributed by atoms with Gasteiger partial charge in [-0.15, -0.1) is 24.0 Å². The van der Waals surface area contributed by atoms with Crippen molar-refractivity contribution in [3.63, 3.8) is 0 Å². The maximum atomic E-state index is 12.1. The van der Waals surface area contributed by atoms with Crippen LogP contribution in [0.3, 0.4) is 0 Å². The summed E-state index contributed by atoms with van der Waals surface area (Å²) in [6, 6.07) is 7.53. The zero-order valence-electron chi connectivity index (χ0n) is 16.7. The Hall–Kier alpha value is -1.81. The Bertz CT molecular complexity index is 825. The summed E-state index contributed by atoms with van der Waals surface area (Å²) in [5.74, 6) is 0.569. The minimum atomic E-state index is -0.119. The molecule has 9 heteroatoms. The zero-order valence-corrected chi connectivity index (χ0v) is 19.8. The summed E-state index contributed by atoms with van der Waals surface area (Å²) in [5, 5.41) is 8.48. The molecule has 158 valence electrons. The maximum Gasteiger partial charge on any atom is 0.310 e. The molecule has 0 bridgehead atoms. The van der Waals surface area contributed by atoms with Crippen LogP contribution in [0.4, 0.5) is 0 Å². The quantitative estimate of drug-likeness (QED) is 0.277. The van der Waals surface area contributed by atoms with Crippen molar-refractivity contribution in [3.8, 4) is 5.69 Å². The predicted molar refractivity (Wildman–Crippen MR) is 125 cm³/mol. The van der Waals surface area contributed by atoms with E-state index >= 15 is 0 Å². The van der Waals surface area contributed by atoms with E-state index in [1.54, 1.807) is 7.05 Å². The van der Waals surface area contributed by atoms with Crippen molar-refractivity contribution in [1.29, 1.82) is 0 Å². The van der Waals surface area contributed by atoms with Crippen LogP contribution in [0.2, 0.25) is 5.02 Å². The van der Waals surface area contributed by atoms with E-state index in [4.69, 9.17) is 16.3 Å². The minimum Gasteiger partial charge on any atom is -0.466 e. The van der Waals surface area contributed by atoms with Crippen molar-refractivity contribution in [2.45, 2.75) is 26.3 Å². The highest BCUT2D eigenvalue weighted by atomic mass is 127. The second-order valence-corrected chi connectivity index (χ2v) is 7.14. The van der Waals surface area contributed by atoms with Gasteiger partial charge in [0.15, 0.2) is 5.96 Å². The topological polar surface area (TPSA) is 71.8 Å². The Morgan fingerprint density at radius 2 is 2.14 bits per heavy atom. The molecule has 1 N–H and O–H groups in total. The predicted octanol–water partition coefficient (Wildman–Crippen LogP) is 3.49. The Morgan fingerprint density at radius 1 is 1.38 bits per heavy atom. The fourth-order valence-corrected chi connectivity index (χ4v) is 3.45. The molecule has 2 aromatic rings. The molecule has 0 saturated carbocycles. The first-order valence-corrected chi connectivity index (χ1v) is 9.90. The number of nitrogens with zero attached hydrogens (tertiary/aromatic N) is 4. The monoisotopic (exact) mass is 531 g/mol. The third-order valence-electron chi connectivity index (χ3n) is 4.73. The number of esters is 1. The van der Waals surface area contributed by atoms with Crippen molar-refractivity contribution in [2.24, 2.45) is 10.9 Å². The number of hydrogen-bond donors (Lipinski definition) is 1. The number of ether oxygens (including phenoxy) is 1. The van der Waals surface area contributed by atoms with Crippen molar-refractivity contribution < 1.29 is 9.53 Å². The molecule has 3 rings (SSSR count). The summed E-state index contributed by atoms with van der Waals surface area (Å²) >= 11 is 5.94. The first kappa shape index (κ1) is 23.5. The molecule has 0 unspecified atom stereocenters. The number of piperidine rings is 1. The number of rotatable bonds is 5. The van der Waals surface area contributed by atoms with Crippen LogP contribution in [0, 0.1) is 5.92 Å². The van der Waals surface area contributed by atoms with E-state index in [-0.39, 0.29) is 35.9 Å². The second-order valence-electron chi connectivity index (χ2n) is 6.71. The molecule has 1 aromatic heterocycles. The van der Waals surface area contributed by atoms with Crippen LogP contribution in [0.15, 0.2) is 41.7 Å². The molecule has 2 heterocycles. The lowest BCUT2D eigenvalue weighted by Gasteiger charge is -2.33. The van der Waals surface area contributed by atoms with Crippen molar-refractivity contribution in [3.05, 3.63) is 47.2 Å². The molecule has 1 saturated heterocycles. The van der Waals surface area contributed by atoms with Crippen LogP contribution in [0.1, 0.15) is 25.3 Å². The third-order valence-corrected chi connectivity index (χ3v) is 4.98. The molecular weight excluding hydrogens is 505 g/mol. The number of carbonyl (C=O) groups excluding carboxylic acids is 1. The number of aliphatic imine (C=N–C) groups is 1. The van der Waals surface area contributed by atoms with Gasteiger partial charge in [-0.05, 0) is 44.0 Å². The van der Waals surface area contributed by atoms with Gasteiger partial charge in [-0.2, -0.15) is 5.10 Å². The fraction of sp³-hybridized carbons (Fsp3) is 0.450. The first-order chi connectivity index (χ1) is 13.6. The molecule has 1 aliphatic rings. The van der Waals surface area contributed by atoms with Crippen molar-refractivity contribution in [2.75, 3.05) is 26.7 Å². The lowest BCUT2D eigenvalue weighted by molar-refractivity contribution is -0.149. The van der Waals surface area contributed by atoms with E-state index in [2.05, 4.69) is 20.3 Å². The van der Waals surface area contributed by atoms with Gasteiger partial charge in [0.25, 0.3) is 0 Å². The fourth-order valence-electron chi connectivity index (χ4n) is 3.32. The van der Waals surface area contributed by atoms with Crippen LogP contribution < -0.4 is 5.32 Å². The van der Waals surface area contributed by atoms with Crippen molar-refractivity contribution >= 4 is 47.5 Å². The third kappa shape index (κ3) is 6.33. The van der Waals surface area contributed by atoms with Gasteiger partial charge in [-0.1, -0.05) is 11.6 Å². The summed E-state index contributed by atoms with van der Waals surface area (Å²) < 4.78 is 6.99. The Kier molecular flexibility index (Phi) is 9.22. The molecule has 7 nitrogen and oxygen atoms in total. The Labute approximate surface area is 193 Å². The first-order valence-electron chi connectivity index (χ1n) is 9.52. The van der Waals surface area contributed by atoms with Gasteiger partial charge >= 0.3 is 5.97 Å². The molecule has 1 aromatic carbocycles. The SMILES string of the molecule is CCOC(=O)[C@H]1CCCN(C(=NC)NCc2cnn(-c3ccc(Cl)cc3)c2)C1.I. The summed E-state index contributed by atoms with van der Waals surface area (Å²) in [6.07, 6.45) is 5.60. The zero-order chi connectivity index (χ0) is 19.9. The lowest BCUT2D eigenvalue weighted by Crippen LogP contribution is -2.48. The number of halogens is 2. The molecule has 0 radical (unpaired) electrons. The van der Waals surface area contributed by atoms with E-state index in [0.717, 1.165) is 36.6 Å². The van der Waals surface area contributed by atoms with Gasteiger partial charge in [0, 0.05) is 43.5 Å². The van der Waals surface area contributed by atoms with Gasteiger partial charge in [-0.3, -0.25) is 9.79 Å². The molecular formula is C20H27ClIN5O2. The molecule has 29 heavy (non-hydrogen) atoms. The average Bonchev–Trinajstić information content (AvgIpc) is 3.18. The molecule has 1 atom stereocenters. The average molecular weight is 532 g/mol. The molecule has 0 spiro atoms. The van der Waals surface area contributed by atoms with E-state index < -0.39 is 0 Å². The smallest absolute Gasteiger partial charge is 0.310 e. The standard InChI is InChI=1S/C20H26ClN5O2.HI/c1-3-28-19(27)16-5-4-10-25(14-16)20(22-2)23-11-15-12-24-26(13-15)18-8-6-17(21)7-9-18;/h6-9,12-13,16H,3-5,10-11,14H2,1-2H3,(H,22,23);1H/t16-;/m0./s1. The highest BCUT2D eigenvalue weighted by Gasteiger charge is 2.28. The highest BCUT2D eigenvalue weighted by molar-refractivity contribution is 14.0. The van der Waals surface area contributed by atoms with Gasteiger partial charge in [0.2, 0.25) is 0 Å². The van der Waals surface area contributed by atoms with Gasteiger partial charge in [0.05, 0.1) is 24.4 Å². The van der Waals surface area contributed by atoms with E-state index in [9.17, 15) is 4.79 Å². The normalized spacial score (nSPS) is 16.9. The van der Waals surface area contributed by atoms with E-state index in [1.807, 2.05) is 48.3 Å². The Balaban J connectivity index is 0.00000300. The maximum absolute atomic E-state index is 12.1. The number of aromatic nitrogens is 2. The lowest BCUT2D eigenvalue weighted by atomic mass is 9.98. The van der Waals surface area contributed by atoms with Crippen molar-refractivity contribution in [1.82, 2.24) is 20.0 Å². The summed E-state index contributed by atoms with van der Waals surface area (Å²) in [6.45, 7) is 4.35. The second kappa shape index (κ2) is 11.4. The number of nitrogens with one attached hydrogen (secondary N) is 1. The summed E-state index contributed by atoms with van der Waals surface area (Å²) in [4.78, 5) is 18.6. The van der Waals surface area contributed by atoms with Crippen LogP contribution in [0.25, 0.3) is 5.69 Å². The van der Waals surface area contributed by atoms with E-state index in [0.29, 0.717) is 24.7 Å². The van der Waals surface area contributed by atoms with Gasteiger partial charge < -0.3 is 15.0 Å². The summed E-state index contributed by atoms with van der Waals surface area (Å²) in [5.41, 5.74) is 1.99. The van der Waals surface area contributed by atoms with Crippen LogP contribution in [-0.4, -0.2) is 53.4 Å². The van der Waals surface area contributed by atoms with Crippen LogP contribution in [0.5, 0.6) is 0 Å². The highest BCUT2D eigenvalue weighted by Crippen LogP contribution is 2.18. The molecule has 0 aliphatic carbocycles. The molecule has 0 amide bonds. The minimum absolute atomic E-state index is 0. The van der Waals surface area contributed by atoms with Crippen LogP contribution >= 0.6 is 35.6 Å². The summed E-state index contributed by atoms with van der Waals surface area (Å²) in [7, 11) is 1.76. The van der Waals surface area contributed by atoms with Crippen LogP contribution in [-0.2, 0) is 16.1 Å². The number of hydrogen-bond acceptors (Lipinski definition) is 4. The number of benzene rings is 1. The van der Waals surface area contributed by atoms with Gasteiger partial charge in [0.1, 0.15) is 0 Å². The Morgan fingerprint density at radius 3 is 2.83 bits per heavy atom. The number of likely N-dealkylation sites (tertiary alicyclic amines) is 1. The molecule has 1 fully saturated rings. The van der Waals surface area contributed by atoms with Gasteiger partial charge in [-0.25, -0.2) is 4.68 Å². The molecule has 1 aliphatic heterocycles.